The molecule has 0 unspecified atom stereocenters. The number of nitrogens with zero attached hydrogens (tertiary/aromatic N) is 5. The van der Waals surface area contributed by atoms with E-state index in [2.05, 4.69) is 30.7 Å². The zero-order chi connectivity index (χ0) is 26.8. The number of urea groups is 1. The zero-order valence-electron chi connectivity index (χ0n) is 20.9. The highest BCUT2D eigenvalue weighted by molar-refractivity contribution is 5.99. The van der Waals surface area contributed by atoms with Crippen molar-refractivity contribution >= 4 is 34.4 Å². The molecular formula is C27H25FN8O2. The van der Waals surface area contributed by atoms with Gasteiger partial charge in [-0.05, 0) is 49.2 Å². The third kappa shape index (κ3) is 5.36. The minimum Gasteiger partial charge on any atom is -0.439 e. The van der Waals surface area contributed by atoms with Crippen LogP contribution in [0.1, 0.15) is 31.2 Å². The normalized spacial score (nSPS) is 11.1. The van der Waals surface area contributed by atoms with E-state index in [0.717, 1.165) is 28.0 Å². The maximum atomic E-state index is 14.5. The summed E-state index contributed by atoms with van der Waals surface area (Å²) in [6.07, 6.45) is 1.44. The molecule has 10 nitrogen and oxygen atoms in total. The van der Waals surface area contributed by atoms with E-state index >= 15 is 0 Å². The lowest BCUT2D eigenvalue weighted by Gasteiger charge is -2.12. The first-order chi connectivity index (χ1) is 18.2. The van der Waals surface area contributed by atoms with Crippen molar-refractivity contribution < 1.29 is 13.9 Å². The molecule has 192 valence electrons. The molecule has 0 aliphatic rings. The average molecular weight is 513 g/mol. The molecule has 0 atom stereocenters. The lowest BCUT2D eigenvalue weighted by atomic mass is 10.1. The van der Waals surface area contributed by atoms with Crippen molar-refractivity contribution in [3.63, 3.8) is 0 Å². The van der Waals surface area contributed by atoms with Crippen molar-refractivity contribution in [2.24, 2.45) is 0 Å². The largest absolute Gasteiger partial charge is 0.439 e. The Kier molecular flexibility index (Phi) is 6.56. The van der Waals surface area contributed by atoms with Gasteiger partial charge in [-0.25, -0.2) is 18.9 Å². The summed E-state index contributed by atoms with van der Waals surface area (Å²) in [6.45, 7) is 5.96. The second-order valence-corrected chi connectivity index (χ2v) is 8.93. The number of anilines is 3. The predicted octanol–water partition coefficient (Wildman–Crippen LogP) is 5.80. The van der Waals surface area contributed by atoms with E-state index in [9.17, 15) is 9.18 Å². The van der Waals surface area contributed by atoms with Crippen LogP contribution < -0.4 is 21.1 Å². The van der Waals surface area contributed by atoms with Crippen LogP contribution in [-0.2, 0) is 0 Å². The summed E-state index contributed by atoms with van der Waals surface area (Å²) in [5.74, 6) is 0.389. The third-order valence-electron chi connectivity index (χ3n) is 5.68. The minimum absolute atomic E-state index is 0.0394. The van der Waals surface area contributed by atoms with Gasteiger partial charge in [-0.2, -0.15) is 10.1 Å². The van der Waals surface area contributed by atoms with Crippen molar-refractivity contribution in [3.05, 3.63) is 84.1 Å². The number of carbonyl (C=O) groups excluding carboxylic acids is 1. The number of nitrogen functional groups attached to an aromatic ring is 1. The molecule has 0 spiro atoms. The summed E-state index contributed by atoms with van der Waals surface area (Å²) in [6, 6.07) is 16.3. The number of nitrogens with one attached hydrogen (secondary N) is 2. The van der Waals surface area contributed by atoms with E-state index in [0.29, 0.717) is 5.82 Å². The fourth-order valence-corrected chi connectivity index (χ4v) is 3.78. The molecular weight excluding hydrogens is 487 g/mol. The summed E-state index contributed by atoms with van der Waals surface area (Å²) in [4.78, 5) is 25.2. The lowest BCUT2D eigenvalue weighted by molar-refractivity contribution is 0.262. The van der Waals surface area contributed by atoms with Crippen LogP contribution in [0.3, 0.4) is 0 Å². The Morgan fingerprint density at radius 2 is 1.87 bits per heavy atom. The monoisotopic (exact) mass is 512 g/mol. The maximum absolute atomic E-state index is 14.5. The molecule has 0 aliphatic heterocycles. The first-order valence-corrected chi connectivity index (χ1v) is 11.9. The molecule has 0 saturated carbocycles. The molecule has 0 radical (unpaired) electrons. The van der Waals surface area contributed by atoms with Crippen molar-refractivity contribution in [1.82, 2.24) is 24.7 Å². The number of halogens is 1. The van der Waals surface area contributed by atoms with Gasteiger partial charge in [0.15, 0.2) is 0 Å². The summed E-state index contributed by atoms with van der Waals surface area (Å²) in [5, 5.41) is 10.9. The Morgan fingerprint density at radius 3 is 2.66 bits per heavy atom. The quantitative estimate of drug-likeness (QED) is 0.262. The molecule has 2 aromatic carbocycles. The minimum atomic E-state index is -0.651. The number of amides is 2. The van der Waals surface area contributed by atoms with E-state index in [1.807, 2.05) is 51.1 Å². The molecule has 0 saturated heterocycles. The molecule has 4 N–H and O–H groups in total. The second-order valence-electron chi connectivity index (χ2n) is 8.93. The Hall–Kier alpha value is -5.06. The fourth-order valence-electron chi connectivity index (χ4n) is 3.78. The van der Waals surface area contributed by atoms with Crippen LogP contribution in [0, 0.1) is 12.7 Å². The smallest absolute Gasteiger partial charge is 0.324 e. The highest BCUT2D eigenvalue weighted by atomic mass is 19.1. The highest BCUT2D eigenvalue weighted by Crippen LogP contribution is 2.27. The topological polar surface area (TPSA) is 133 Å². The van der Waals surface area contributed by atoms with E-state index in [1.54, 1.807) is 10.7 Å². The van der Waals surface area contributed by atoms with Crippen LogP contribution >= 0.6 is 0 Å². The number of ether oxygens (including phenoxy) is 1. The second kappa shape index (κ2) is 10.1. The highest BCUT2D eigenvalue weighted by Gasteiger charge is 2.16. The molecule has 38 heavy (non-hydrogen) atoms. The maximum Gasteiger partial charge on any atom is 0.324 e. The van der Waals surface area contributed by atoms with Gasteiger partial charge in [-0.1, -0.05) is 19.9 Å². The van der Waals surface area contributed by atoms with Crippen LogP contribution in [0.2, 0.25) is 0 Å². The molecule has 5 aromatic rings. The van der Waals surface area contributed by atoms with Crippen LogP contribution in [-0.4, -0.2) is 30.8 Å². The summed E-state index contributed by atoms with van der Waals surface area (Å²) in [7, 11) is 0. The van der Waals surface area contributed by atoms with Gasteiger partial charge < -0.3 is 15.8 Å². The Labute approximate surface area is 217 Å². The van der Waals surface area contributed by atoms with Crippen LogP contribution in [0.25, 0.3) is 16.6 Å². The number of aryl methyl sites for hydroxylation is 1. The van der Waals surface area contributed by atoms with Gasteiger partial charge in [0.05, 0.1) is 22.6 Å². The molecule has 3 heterocycles. The van der Waals surface area contributed by atoms with Gasteiger partial charge >= 0.3 is 6.03 Å². The first-order valence-electron chi connectivity index (χ1n) is 11.9. The number of pyridine rings is 1. The summed E-state index contributed by atoms with van der Waals surface area (Å²) < 4.78 is 21.8. The van der Waals surface area contributed by atoms with Gasteiger partial charge in [-0.15, -0.1) is 0 Å². The fraction of sp³-hybridized carbons (Fsp3) is 0.148. The first kappa shape index (κ1) is 24.6. The number of carbonyl (C=O) groups is 1. The van der Waals surface area contributed by atoms with E-state index < -0.39 is 11.8 Å². The van der Waals surface area contributed by atoms with Gasteiger partial charge in [0.1, 0.15) is 17.4 Å². The third-order valence-corrected chi connectivity index (χ3v) is 5.68. The van der Waals surface area contributed by atoms with Crippen LogP contribution in [0.4, 0.5) is 26.6 Å². The van der Waals surface area contributed by atoms with Gasteiger partial charge in [0.2, 0.25) is 11.8 Å². The molecule has 0 bridgehead atoms. The summed E-state index contributed by atoms with van der Waals surface area (Å²) >= 11 is 0. The number of fused-ring (bicyclic) bond motifs is 1. The Bertz CT molecular complexity index is 1650. The average Bonchev–Trinajstić information content (AvgIpc) is 3.30. The van der Waals surface area contributed by atoms with Crippen LogP contribution in [0.5, 0.6) is 11.6 Å². The molecule has 0 fully saturated rings. The van der Waals surface area contributed by atoms with Gasteiger partial charge in [0, 0.05) is 35.5 Å². The van der Waals surface area contributed by atoms with E-state index in [4.69, 9.17) is 10.5 Å². The zero-order valence-corrected chi connectivity index (χ0v) is 20.9. The number of hydrogen-bond donors (Lipinski definition) is 3. The van der Waals surface area contributed by atoms with Gasteiger partial charge in [-0.3, -0.25) is 10.3 Å². The summed E-state index contributed by atoms with van der Waals surface area (Å²) in [5.41, 5.74) is 8.81. The Morgan fingerprint density at radius 1 is 1.03 bits per heavy atom. The molecule has 2 amide bonds. The van der Waals surface area contributed by atoms with Crippen molar-refractivity contribution in [3.8, 4) is 17.3 Å². The predicted molar refractivity (Wildman–Crippen MR) is 143 cm³/mol. The number of benzene rings is 2. The van der Waals surface area contributed by atoms with Crippen molar-refractivity contribution in [2.45, 2.75) is 26.7 Å². The molecule has 11 heteroatoms. The van der Waals surface area contributed by atoms with Crippen molar-refractivity contribution in [2.75, 3.05) is 16.4 Å². The molecule has 5 rings (SSSR count). The molecule has 3 aromatic heterocycles. The number of hydrogen-bond acceptors (Lipinski definition) is 7. The van der Waals surface area contributed by atoms with Gasteiger partial charge in [0.25, 0.3) is 0 Å². The number of nitrogens with two attached hydrogens (primary N) is 1. The van der Waals surface area contributed by atoms with Crippen LogP contribution in [0.15, 0.2) is 66.9 Å². The number of aromatic nitrogens is 5. The standard InChI is InChI=1S/C27H25FN8O2/c1-15(2)22-14-24(36(35-22)18-6-9-21-17(12-18)5-4-16(3)31-21)33-27(37)32-23-13-19(7-8-20(23)28)38-25-10-11-30-26(29)34-25/h4-15H,1-3H3,(H2,29,30,34)(H2,32,33,37). The molecule has 0 aliphatic carbocycles. The van der Waals surface area contributed by atoms with E-state index in [-0.39, 0.29) is 29.2 Å². The SMILES string of the molecule is Cc1ccc2cc(-n3nc(C(C)C)cc3NC(=O)Nc3cc(Oc4ccnc(N)n4)ccc3F)ccc2n1. The van der Waals surface area contributed by atoms with Crippen molar-refractivity contribution in [1.29, 1.82) is 0 Å². The number of rotatable bonds is 6. The van der Waals surface area contributed by atoms with E-state index in [1.165, 1.54) is 30.5 Å². The Balaban J connectivity index is 1.39. The lowest BCUT2D eigenvalue weighted by Crippen LogP contribution is -2.22.